The van der Waals surface area contributed by atoms with Crippen molar-refractivity contribution in [2.45, 2.75) is 11.5 Å². The fourth-order valence-corrected chi connectivity index (χ4v) is 3.47. The highest BCUT2D eigenvalue weighted by Crippen LogP contribution is 2.30. The average Bonchev–Trinajstić information content (AvgIpc) is 2.50. The molecule has 6 nitrogen and oxygen atoms in total. The van der Waals surface area contributed by atoms with Gasteiger partial charge >= 0.3 is 11.3 Å². The largest absolute Gasteiger partial charge is 0.496 e. The van der Waals surface area contributed by atoms with Crippen LogP contribution in [0.3, 0.4) is 0 Å². The molecule has 0 fully saturated rings. The van der Waals surface area contributed by atoms with E-state index in [9.17, 15) is 9.59 Å². The molecule has 0 aliphatic carbocycles. The molecule has 0 unspecified atom stereocenters. The van der Waals surface area contributed by atoms with E-state index in [1.165, 1.54) is 47.9 Å². The van der Waals surface area contributed by atoms with Gasteiger partial charge in [-0.15, -0.1) is 0 Å². The third-order valence-corrected chi connectivity index (χ3v) is 4.73. The van der Waals surface area contributed by atoms with Gasteiger partial charge in [0.2, 0.25) is 0 Å². The first-order valence-corrected chi connectivity index (χ1v) is 8.70. The van der Waals surface area contributed by atoms with Gasteiger partial charge in [0.15, 0.2) is 0 Å². The number of hydrogen-bond acceptors (Lipinski definition) is 8. The van der Waals surface area contributed by atoms with E-state index in [4.69, 9.17) is 18.3 Å². The molecule has 2 aromatic rings. The van der Waals surface area contributed by atoms with Crippen LogP contribution >= 0.6 is 21.6 Å². The maximum atomic E-state index is 11.3. The van der Waals surface area contributed by atoms with Gasteiger partial charge in [-0.25, -0.2) is 9.59 Å². The van der Waals surface area contributed by atoms with Crippen LogP contribution in [0.5, 0.6) is 11.5 Å². The van der Waals surface area contributed by atoms with Crippen molar-refractivity contribution in [3.05, 3.63) is 56.6 Å². The van der Waals surface area contributed by atoms with Crippen molar-refractivity contribution in [2.24, 2.45) is 0 Å². The van der Waals surface area contributed by atoms with Gasteiger partial charge < -0.3 is 18.3 Å². The van der Waals surface area contributed by atoms with Gasteiger partial charge in [0.05, 0.1) is 37.9 Å². The summed E-state index contributed by atoms with van der Waals surface area (Å²) in [7, 11) is 5.93. The Balaban J connectivity index is 1.89. The molecular weight excluding hydrogens is 328 g/mol. The highest BCUT2D eigenvalue weighted by Gasteiger charge is 2.05. The summed E-state index contributed by atoms with van der Waals surface area (Å²) >= 11 is 0. The van der Waals surface area contributed by atoms with Crippen LogP contribution in [0.25, 0.3) is 0 Å². The summed E-state index contributed by atoms with van der Waals surface area (Å²) < 4.78 is 20.1. The number of ether oxygens (including phenoxy) is 2. The molecule has 2 heterocycles. The topological polar surface area (TPSA) is 78.9 Å². The standard InChI is InChI=1S/C14H14O6S2/c1-17-9-3-11(19-13(15)5-9)7-21-22-8-12-4-10(18-2)6-14(16)20-12/h3-6H,7-8H2,1-2H3. The first kappa shape index (κ1) is 16.6. The van der Waals surface area contributed by atoms with E-state index in [0.29, 0.717) is 34.5 Å². The second-order valence-corrected chi connectivity index (χ2v) is 6.55. The molecule has 118 valence electrons. The van der Waals surface area contributed by atoms with Gasteiger partial charge in [0.1, 0.15) is 23.0 Å². The molecule has 0 aliphatic rings. The van der Waals surface area contributed by atoms with Crippen molar-refractivity contribution in [1.82, 2.24) is 0 Å². The van der Waals surface area contributed by atoms with Gasteiger partial charge in [0, 0.05) is 12.1 Å². The van der Waals surface area contributed by atoms with Crippen molar-refractivity contribution in [3.8, 4) is 11.5 Å². The quantitative estimate of drug-likeness (QED) is 0.561. The Hall–Kier alpha value is -1.80. The zero-order valence-electron chi connectivity index (χ0n) is 12.0. The second kappa shape index (κ2) is 8.00. The maximum Gasteiger partial charge on any atom is 0.339 e. The number of methoxy groups -OCH3 is 2. The van der Waals surface area contributed by atoms with Gasteiger partial charge in [-0.3, -0.25) is 0 Å². The van der Waals surface area contributed by atoms with Gasteiger partial charge in [-0.05, 0) is 0 Å². The minimum Gasteiger partial charge on any atom is -0.496 e. The van der Waals surface area contributed by atoms with Gasteiger partial charge in [0.25, 0.3) is 0 Å². The first-order chi connectivity index (χ1) is 10.6. The van der Waals surface area contributed by atoms with E-state index in [2.05, 4.69) is 0 Å². The maximum absolute atomic E-state index is 11.3. The third kappa shape index (κ3) is 4.88. The number of hydrogen-bond donors (Lipinski definition) is 0. The van der Waals surface area contributed by atoms with Crippen molar-refractivity contribution < 1.29 is 18.3 Å². The third-order valence-electron chi connectivity index (χ3n) is 2.55. The Morgan fingerprint density at radius 1 is 0.818 bits per heavy atom. The molecule has 22 heavy (non-hydrogen) atoms. The minimum atomic E-state index is -0.446. The normalized spacial score (nSPS) is 10.5. The van der Waals surface area contributed by atoms with Gasteiger partial charge in [-0.1, -0.05) is 21.6 Å². The molecule has 0 aliphatic heterocycles. The van der Waals surface area contributed by atoms with Crippen LogP contribution in [0.1, 0.15) is 11.5 Å². The SMILES string of the molecule is COc1cc(CSSCc2cc(OC)cc(=O)o2)oc(=O)c1. The van der Waals surface area contributed by atoms with Crippen molar-refractivity contribution >= 4 is 21.6 Å². The highest BCUT2D eigenvalue weighted by atomic mass is 33.1. The monoisotopic (exact) mass is 342 g/mol. The summed E-state index contributed by atoms with van der Waals surface area (Å²) in [5.74, 6) is 2.96. The minimum absolute atomic E-state index is 0.446. The van der Waals surface area contributed by atoms with Crippen LogP contribution in [0.2, 0.25) is 0 Å². The van der Waals surface area contributed by atoms with E-state index in [-0.39, 0.29) is 0 Å². The van der Waals surface area contributed by atoms with Gasteiger partial charge in [-0.2, -0.15) is 0 Å². The lowest BCUT2D eigenvalue weighted by molar-refractivity contribution is 0.395. The molecule has 0 aromatic carbocycles. The van der Waals surface area contributed by atoms with E-state index in [1.54, 1.807) is 12.1 Å². The predicted octanol–water partition coefficient (Wildman–Crippen LogP) is 2.69. The first-order valence-electron chi connectivity index (χ1n) is 6.21. The van der Waals surface area contributed by atoms with Crippen LogP contribution in [0.4, 0.5) is 0 Å². The lowest BCUT2D eigenvalue weighted by atomic mass is 10.4. The van der Waals surface area contributed by atoms with Crippen molar-refractivity contribution in [1.29, 1.82) is 0 Å². The molecule has 0 N–H and O–H groups in total. The summed E-state index contributed by atoms with van der Waals surface area (Å²) in [5.41, 5.74) is -0.891. The predicted molar refractivity (Wildman–Crippen MR) is 85.7 cm³/mol. The molecule has 0 saturated heterocycles. The summed E-state index contributed by atoms with van der Waals surface area (Å²) in [4.78, 5) is 22.6. The van der Waals surface area contributed by atoms with Crippen LogP contribution in [-0.2, 0) is 11.5 Å². The molecular formula is C14H14O6S2. The van der Waals surface area contributed by atoms with E-state index in [0.717, 1.165) is 0 Å². The zero-order valence-corrected chi connectivity index (χ0v) is 13.6. The molecule has 8 heteroatoms. The molecule has 2 aromatic heterocycles. The Bertz CT molecular complexity index is 673. The van der Waals surface area contributed by atoms with Crippen LogP contribution in [0, 0.1) is 0 Å². The van der Waals surface area contributed by atoms with Crippen LogP contribution < -0.4 is 20.7 Å². The number of rotatable bonds is 7. The van der Waals surface area contributed by atoms with Crippen LogP contribution in [0.15, 0.2) is 42.7 Å². The highest BCUT2D eigenvalue weighted by molar-refractivity contribution is 8.76. The average molecular weight is 342 g/mol. The fourth-order valence-electron chi connectivity index (χ4n) is 1.59. The molecule has 0 atom stereocenters. The lowest BCUT2D eigenvalue weighted by Crippen LogP contribution is -2.00. The van der Waals surface area contributed by atoms with Crippen LogP contribution in [-0.4, -0.2) is 14.2 Å². The van der Waals surface area contributed by atoms with Crippen molar-refractivity contribution in [2.75, 3.05) is 14.2 Å². The summed E-state index contributed by atoms with van der Waals surface area (Å²) in [6, 6.07) is 5.90. The van der Waals surface area contributed by atoms with E-state index in [1.807, 2.05) is 0 Å². The molecule has 0 amide bonds. The molecule has 0 radical (unpaired) electrons. The Kier molecular flexibility index (Phi) is 6.02. The molecule has 0 saturated carbocycles. The Morgan fingerprint density at radius 3 is 1.59 bits per heavy atom. The Labute approximate surface area is 134 Å². The Morgan fingerprint density at radius 2 is 1.23 bits per heavy atom. The van der Waals surface area contributed by atoms with E-state index < -0.39 is 11.3 Å². The van der Waals surface area contributed by atoms with Crippen molar-refractivity contribution in [3.63, 3.8) is 0 Å². The molecule has 2 rings (SSSR count). The van der Waals surface area contributed by atoms with E-state index >= 15 is 0 Å². The smallest absolute Gasteiger partial charge is 0.339 e. The molecule has 0 spiro atoms. The molecule has 0 bridgehead atoms. The summed E-state index contributed by atoms with van der Waals surface area (Å²) in [6.07, 6.45) is 0. The summed E-state index contributed by atoms with van der Waals surface area (Å²) in [6.45, 7) is 0. The zero-order chi connectivity index (χ0) is 15.9. The fraction of sp³-hybridized carbons (Fsp3) is 0.286. The second-order valence-electron chi connectivity index (χ2n) is 4.09. The summed E-state index contributed by atoms with van der Waals surface area (Å²) in [5, 5.41) is 0. The lowest BCUT2D eigenvalue weighted by Gasteiger charge is -2.04.